The van der Waals surface area contributed by atoms with Crippen LogP contribution >= 0.6 is 0 Å². The maximum atomic E-state index is 12.6. The molecule has 1 aliphatic heterocycles. The van der Waals surface area contributed by atoms with Crippen molar-refractivity contribution in [3.05, 3.63) is 29.8 Å². The normalized spacial score (nSPS) is 26.8. The van der Waals surface area contributed by atoms with E-state index in [1.54, 1.807) is 29.2 Å². The largest absolute Gasteiger partial charge is 0.482 e. The molecule has 1 aromatic rings. The highest BCUT2D eigenvalue weighted by Crippen LogP contribution is 2.32. The highest BCUT2D eigenvalue weighted by molar-refractivity contribution is 5.78. The molecule has 0 radical (unpaired) electrons. The van der Waals surface area contributed by atoms with Crippen LogP contribution in [0.25, 0.3) is 0 Å². The number of ether oxygens (including phenoxy) is 2. The van der Waals surface area contributed by atoms with E-state index in [-0.39, 0.29) is 30.6 Å². The fourth-order valence-electron chi connectivity index (χ4n) is 3.61. The predicted octanol–water partition coefficient (Wildman–Crippen LogP) is 1.33. The van der Waals surface area contributed by atoms with Crippen LogP contribution in [-0.4, -0.2) is 54.4 Å². The molecular formula is C18H22N2O4. The van der Waals surface area contributed by atoms with E-state index in [0.717, 1.165) is 19.3 Å². The third-order valence-corrected chi connectivity index (χ3v) is 4.87. The molecule has 6 heteroatoms. The predicted molar refractivity (Wildman–Crippen MR) is 86.3 cm³/mol. The van der Waals surface area contributed by atoms with Gasteiger partial charge in [-0.25, -0.2) is 0 Å². The van der Waals surface area contributed by atoms with Crippen molar-refractivity contribution >= 4 is 5.91 Å². The number of benzene rings is 1. The van der Waals surface area contributed by atoms with E-state index in [1.807, 2.05) is 0 Å². The molecule has 3 rings (SSSR count). The van der Waals surface area contributed by atoms with E-state index >= 15 is 0 Å². The number of nitriles is 1. The first-order valence-corrected chi connectivity index (χ1v) is 8.38. The zero-order valence-electron chi connectivity index (χ0n) is 13.6. The quantitative estimate of drug-likeness (QED) is 0.900. The summed E-state index contributed by atoms with van der Waals surface area (Å²) in [6, 6.07) is 8.83. The van der Waals surface area contributed by atoms with Crippen molar-refractivity contribution in [1.82, 2.24) is 4.90 Å². The van der Waals surface area contributed by atoms with E-state index in [9.17, 15) is 9.90 Å². The second-order valence-corrected chi connectivity index (χ2v) is 6.29. The molecular weight excluding hydrogens is 308 g/mol. The lowest BCUT2D eigenvalue weighted by Crippen LogP contribution is -2.54. The number of hydrogen-bond donors (Lipinski definition) is 1. The first-order valence-electron chi connectivity index (χ1n) is 8.38. The van der Waals surface area contributed by atoms with Crippen molar-refractivity contribution in [1.29, 1.82) is 5.26 Å². The van der Waals surface area contributed by atoms with Gasteiger partial charge in [0.25, 0.3) is 5.91 Å². The maximum absolute atomic E-state index is 12.6. The van der Waals surface area contributed by atoms with E-state index in [1.165, 1.54) is 0 Å². The van der Waals surface area contributed by atoms with Gasteiger partial charge in [-0.2, -0.15) is 5.26 Å². The average Bonchev–Trinajstić information content (AvgIpc) is 3.05. The van der Waals surface area contributed by atoms with Crippen LogP contribution in [0.3, 0.4) is 0 Å². The van der Waals surface area contributed by atoms with Crippen LogP contribution in [0.2, 0.25) is 0 Å². The molecule has 0 spiro atoms. The Kier molecular flexibility index (Phi) is 5.34. The number of amides is 1. The molecule has 0 bridgehead atoms. The fourth-order valence-corrected chi connectivity index (χ4v) is 3.61. The number of nitrogens with zero attached hydrogens (tertiary/aromatic N) is 2. The molecule has 0 aromatic heterocycles. The molecule has 1 aromatic carbocycles. The van der Waals surface area contributed by atoms with Gasteiger partial charge >= 0.3 is 0 Å². The summed E-state index contributed by atoms with van der Waals surface area (Å²) in [6.45, 7) is 1.36. The number of rotatable bonds is 4. The Labute approximate surface area is 141 Å². The molecule has 1 saturated carbocycles. The number of hydrogen-bond acceptors (Lipinski definition) is 5. The number of morpholine rings is 1. The van der Waals surface area contributed by atoms with Crippen LogP contribution in [0.1, 0.15) is 24.8 Å². The van der Waals surface area contributed by atoms with Gasteiger partial charge in [-0.1, -0.05) is 18.6 Å². The molecule has 1 heterocycles. The van der Waals surface area contributed by atoms with Crippen LogP contribution in [0.5, 0.6) is 5.75 Å². The van der Waals surface area contributed by atoms with Crippen molar-refractivity contribution < 1.29 is 19.4 Å². The van der Waals surface area contributed by atoms with Gasteiger partial charge in [0.05, 0.1) is 30.9 Å². The van der Waals surface area contributed by atoms with Gasteiger partial charge in [0, 0.05) is 12.5 Å². The lowest BCUT2D eigenvalue weighted by atomic mass is 9.94. The van der Waals surface area contributed by atoms with Crippen molar-refractivity contribution in [3.63, 3.8) is 0 Å². The van der Waals surface area contributed by atoms with Gasteiger partial charge in [-0.05, 0) is 25.0 Å². The molecule has 0 unspecified atom stereocenters. The molecule has 2 aliphatic rings. The van der Waals surface area contributed by atoms with E-state index < -0.39 is 0 Å². The molecule has 1 N–H and O–H groups in total. The summed E-state index contributed by atoms with van der Waals surface area (Å²) in [6.07, 6.45) is 2.31. The van der Waals surface area contributed by atoms with Crippen LogP contribution in [-0.2, 0) is 9.53 Å². The number of aliphatic hydroxyl groups is 1. The molecule has 1 aliphatic carbocycles. The van der Waals surface area contributed by atoms with E-state index in [2.05, 4.69) is 6.07 Å². The molecule has 6 nitrogen and oxygen atoms in total. The lowest BCUT2D eigenvalue weighted by Gasteiger charge is -2.40. The minimum Gasteiger partial charge on any atom is -0.482 e. The summed E-state index contributed by atoms with van der Waals surface area (Å²) in [7, 11) is 0. The van der Waals surface area contributed by atoms with Crippen LogP contribution in [0.15, 0.2) is 24.3 Å². The number of aliphatic hydroxyl groups excluding tert-OH is 1. The Balaban J connectivity index is 1.65. The van der Waals surface area contributed by atoms with Gasteiger partial charge < -0.3 is 19.5 Å². The SMILES string of the molecule is N#Cc1ccccc1OCC(=O)N1CCOC[C@@H]1[C@H]1CCC[C@@H]1O. The Morgan fingerprint density at radius 3 is 3.00 bits per heavy atom. The zero-order valence-corrected chi connectivity index (χ0v) is 13.6. The second-order valence-electron chi connectivity index (χ2n) is 6.29. The smallest absolute Gasteiger partial charge is 0.260 e. The first-order chi connectivity index (χ1) is 11.7. The third-order valence-electron chi connectivity index (χ3n) is 4.87. The minimum atomic E-state index is -0.368. The minimum absolute atomic E-state index is 0.0700. The van der Waals surface area contributed by atoms with Gasteiger partial charge in [-0.15, -0.1) is 0 Å². The summed E-state index contributed by atoms with van der Waals surface area (Å²) in [5.74, 6) is 0.356. The molecule has 128 valence electrons. The second kappa shape index (κ2) is 7.65. The molecule has 1 saturated heterocycles. The Morgan fingerprint density at radius 1 is 1.42 bits per heavy atom. The number of carbonyl (C=O) groups is 1. The highest BCUT2D eigenvalue weighted by Gasteiger charge is 2.39. The average molecular weight is 330 g/mol. The highest BCUT2D eigenvalue weighted by atomic mass is 16.5. The summed E-state index contributed by atoms with van der Waals surface area (Å²) < 4.78 is 11.1. The van der Waals surface area contributed by atoms with Gasteiger partial charge in [0.2, 0.25) is 0 Å². The third kappa shape index (κ3) is 3.53. The monoisotopic (exact) mass is 330 g/mol. The van der Waals surface area contributed by atoms with Crippen LogP contribution in [0.4, 0.5) is 0 Å². The zero-order chi connectivity index (χ0) is 16.9. The lowest BCUT2D eigenvalue weighted by molar-refractivity contribution is -0.146. The fraction of sp³-hybridized carbons (Fsp3) is 0.556. The van der Waals surface area contributed by atoms with E-state index in [4.69, 9.17) is 14.7 Å². The van der Waals surface area contributed by atoms with Gasteiger partial charge in [0.15, 0.2) is 6.61 Å². The summed E-state index contributed by atoms with van der Waals surface area (Å²) in [5.41, 5.74) is 0.412. The van der Waals surface area contributed by atoms with Crippen LogP contribution < -0.4 is 4.74 Å². The Bertz CT molecular complexity index is 628. The number of para-hydroxylation sites is 1. The van der Waals surface area contributed by atoms with Gasteiger partial charge in [0.1, 0.15) is 11.8 Å². The first kappa shape index (κ1) is 16.7. The summed E-state index contributed by atoms with van der Waals surface area (Å²) in [5, 5.41) is 19.2. The summed E-state index contributed by atoms with van der Waals surface area (Å²) in [4.78, 5) is 14.4. The van der Waals surface area contributed by atoms with Crippen molar-refractivity contribution in [2.45, 2.75) is 31.4 Å². The molecule has 3 atom stereocenters. The van der Waals surface area contributed by atoms with Crippen molar-refractivity contribution in [2.75, 3.05) is 26.4 Å². The molecule has 2 fully saturated rings. The van der Waals surface area contributed by atoms with E-state index in [0.29, 0.717) is 31.1 Å². The summed E-state index contributed by atoms with van der Waals surface area (Å²) >= 11 is 0. The van der Waals surface area contributed by atoms with Crippen LogP contribution in [0, 0.1) is 17.2 Å². The van der Waals surface area contributed by atoms with Crippen molar-refractivity contribution in [3.8, 4) is 11.8 Å². The topological polar surface area (TPSA) is 82.8 Å². The maximum Gasteiger partial charge on any atom is 0.260 e. The number of carbonyl (C=O) groups excluding carboxylic acids is 1. The van der Waals surface area contributed by atoms with Crippen molar-refractivity contribution in [2.24, 2.45) is 5.92 Å². The standard InChI is InChI=1S/C18H22N2O4/c19-10-13-4-1-2-7-17(13)24-12-18(22)20-8-9-23-11-15(20)14-5-3-6-16(14)21/h1-2,4,7,14-16,21H,3,5-6,8-9,11-12H2/t14-,15-,16+/m1/s1. The molecule has 24 heavy (non-hydrogen) atoms. The Hall–Kier alpha value is -2.10. The molecule has 1 amide bonds. The Morgan fingerprint density at radius 2 is 2.25 bits per heavy atom. The van der Waals surface area contributed by atoms with Gasteiger partial charge in [-0.3, -0.25) is 4.79 Å².